The monoisotopic (exact) mass is 487 g/mol. The smallest absolute Gasteiger partial charge is 0.236 e. The maximum absolute atomic E-state index is 12.5. The van der Waals surface area contributed by atoms with Crippen molar-refractivity contribution in [2.75, 3.05) is 11.1 Å². The van der Waals surface area contributed by atoms with Gasteiger partial charge in [-0.25, -0.2) is 4.98 Å². The predicted molar refractivity (Wildman–Crippen MR) is 130 cm³/mol. The Balaban J connectivity index is 1.47. The largest absolute Gasteiger partial charge is 0.300 e. The molecule has 0 aliphatic heterocycles. The lowest BCUT2D eigenvalue weighted by atomic mass is 9.89. The van der Waals surface area contributed by atoms with E-state index >= 15 is 0 Å². The fourth-order valence-electron chi connectivity index (χ4n) is 4.05. The van der Waals surface area contributed by atoms with Gasteiger partial charge in [-0.2, -0.15) is 0 Å². The number of aryl methyl sites for hydroxylation is 2. The van der Waals surface area contributed by atoms with Crippen LogP contribution in [0, 0.1) is 5.92 Å². The standard InChI is InChI=1S/C21H25N7OS3/c1-5-15-24-26-20(32-15)22-14(29)9-30-21-27-25-18-16-12-7-6-11(4)8-13(12)31-19(16)23-17(10(2)3)28(18)21/h10-11H,5-9H2,1-4H3,(H,22,26,29)/t11-/m1/s1. The molecule has 4 heterocycles. The number of hydrogen-bond donors (Lipinski definition) is 1. The molecule has 0 unspecified atom stereocenters. The molecule has 8 nitrogen and oxygen atoms in total. The maximum Gasteiger partial charge on any atom is 0.236 e. The summed E-state index contributed by atoms with van der Waals surface area (Å²) in [6.07, 6.45) is 4.17. The van der Waals surface area contributed by atoms with Crippen LogP contribution in [0.2, 0.25) is 0 Å². The first kappa shape index (κ1) is 21.7. The van der Waals surface area contributed by atoms with Crippen molar-refractivity contribution in [3.63, 3.8) is 0 Å². The number of nitrogens with one attached hydrogen (secondary N) is 1. The van der Waals surface area contributed by atoms with Crippen molar-refractivity contribution in [2.24, 2.45) is 5.92 Å². The lowest BCUT2D eigenvalue weighted by molar-refractivity contribution is -0.113. The van der Waals surface area contributed by atoms with Crippen LogP contribution in [0.15, 0.2) is 5.16 Å². The van der Waals surface area contributed by atoms with Crippen molar-refractivity contribution in [1.29, 1.82) is 0 Å². The van der Waals surface area contributed by atoms with E-state index in [0.717, 1.165) is 46.0 Å². The van der Waals surface area contributed by atoms with E-state index in [1.165, 1.54) is 40.0 Å². The number of amides is 1. The van der Waals surface area contributed by atoms with Crippen LogP contribution in [0.3, 0.4) is 0 Å². The molecule has 1 atom stereocenters. The van der Waals surface area contributed by atoms with E-state index in [2.05, 4.69) is 50.9 Å². The molecule has 0 aromatic carbocycles. The maximum atomic E-state index is 12.5. The summed E-state index contributed by atoms with van der Waals surface area (Å²) < 4.78 is 2.05. The van der Waals surface area contributed by atoms with E-state index in [1.807, 2.05) is 18.3 Å². The van der Waals surface area contributed by atoms with Crippen molar-refractivity contribution in [2.45, 2.75) is 64.5 Å². The fourth-order valence-corrected chi connectivity index (χ4v) is 6.87. The van der Waals surface area contributed by atoms with Gasteiger partial charge in [-0.3, -0.25) is 14.5 Å². The molecule has 4 aromatic rings. The topological polar surface area (TPSA) is 98.0 Å². The number of hydrogen-bond acceptors (Lipinski definition) is 9. The molecule has 0 saturated heterocycles. The number of anilines is 1. The second-order valence-electron chi connectivity index (χ2n) is 8.49. The third-order valence-corrected chi connectivity index (χ3v) is 8.72. The van der Waals surface area contributed by atoms with Crippen molar-refractivity contribution in [1.82, 2.24) is 29.8 Å². The van der Waals surface area contributed by atoms with Gasteiger partial charge in [0.1, 0.15) is 15.7 Å². The zero-order valence-corrected chi connectivity index (χ0v) is 21.0. The molecule has 4 aromatic heterocycles. The summed E-state index contributed by atoms with van der Waals surface area (Å²) in [7, 11) is 0. The highest BCUT2D eigenvalue weighted by Gasteiger charge is 2.26. The van der Waals surface area contributed by atoms with E-state index in [1.54, 1.807) is 0 Å². The Bertz CT molecular complexity index is 1310. The van der Waals surface area contributed by atoms with Crippen LogP contribution in [0.4, 0.5) is 5.13 Å². The predicted octanol–water partition coefficient (Wildman–Crippen LogP) is 4.73. The van der Waals surface area contributed by atoms with Crippen LogP contribution in [-0.4, -0.2) is 41.4 Å². The minimum Gasteiger partial charge on any atom is -0.300 e. The Morgan fingerprint density at radius 3 is 2.84 bits per heavy atom. The molecule has 32 heavy (non-hydrogen) atoms. The first-order valence-corrected chi connectivity index (χ1v) is 13.5. The third kappa shape index (κ3) is 3.90. The first-order valence-electron chi connectivity index (χ1n) is 10.9. The summed E-state index contributed by atoms with van der Waals surface area (Å²) in [6.45, 7) is 8.59. The second kappa shape index (κ2) is 8.68. The van der Waals surface area contributed by atoms with E-state index in [0.29, 0.717) is 16.2 Å². The number of aromatic nitrogens is 6. The van der Waals surface area contributed by atoms with Gasteiger partial charge in [-0.1, -0.05) is 50.8 Å². The molecule has 0 fully saturated rings. The number of rotatable bonds is 6. The van der Waals surface area contributed by atoms with E-state index in [-0.39, 0.29) is 17.6 Å². The third-order valence-electron chi connectivity index (χ3n) is 5.66. The average molecular weight is 488 g/mol. The van der Waals surface area contributed by atoms with Gasteiger partial charge in [0.2, 0.25) is 11.0 Å². The number of carbonyl (C=O) groups is 1. The Morgan fingerprint density at radius 1 is 1.25 bits per heavy atom. The lowest BCUT2D eigenvalue weighted by Crippen LogP contribution is -2.14. The van der Waals surface area contributed by atoms with Crippen LogP contribution in [0.1, 0.15) is 61.3 Å². The normalized spacial score (nSPS) is 16.2. The number of nitrogens with zero attached hydrogens (tertiary/aromatic N) is 6. The molecule has 0 bridgehead atoms. The van der Waals surface area contributed by atoms with Crippen molar-refractivity contribution in [3.8, 4) is 0 Å². The zero-order valence-electron chi connectivity index (χ0n) is 18.5. The molecular weight excluding hydrogens is 462 g/mol. The highest BCUT2D eigenvalue weighted by Crippen LogP contribution is 2.40. The molecule has 1 amide bonds. The van der Waals surface area contributed by atoms with Gasteiger partial charge in [0, 0.05) is 10.8 Å². The molecule has 1 aliphatic rings. The Morgan fingerprint density at radius 2 is 2.09 bits per heavy atom. The minimum absolute atomic E-state index is 0.132. The van der Waals surface area contributed by atoms with Crippen molar-refractivity contribution < 1.29 is 4.79 Å². The highest BCUT2D eigenvalue weighted by molar-refractivity contribution is 7.99. The molecule has 5 rings (SSSR count). The zero-order chi connectivity index (χ0) is 22.4. The Labute approximate surface area is 198 Å². The molecule has 11 heteroatoms. The molecule has 0 saturated carbocycles. The summed E-state index contributed by atoms with van der Waals surface area (Å²) in [5.41, 5.74) is 2.26. The number of thioether (sulfide) groups is 1. The Kier molecular flexibility index (Phi) is 5.89. The van der Waals surface area contributed by atoms with Crippen molar-refractivity contribution >= 4 is 61.3 Å². The molecule has 1 aliphatic carbocycles. The van der Waals surface area contributed by atoms with Gasteiger partial charge < -0.3 is 0 Å². The number of thiophene rings is 1. The van der Waals surface area contributed by atoms with Gasteiger partial charge >= 0.3 is 0 Å². The van der Waals surface area contributed by atoms with Crippen LogP contribution in [0.25, 0.3) is 15.9 Å². The molecule has 168 valence electrons. The number of carbonyl (C=O) groups excluding carboxylic acids is 1. The van der Waals surface area contributed by atoms with Crippen LogP contribution >= 0.6 is 34.4 Å². The highest BCUT2D eigenvalue weighted by atomic mass is 32.2. The van der Waals surface area contributed by atoms with Gasteiger partial charge in [0.05, 0.1) is 11.1 Å². The SMILES string of the molecule is CCc1nnc(NC(=O)CSc2nnc3c4c5c(sc4nc(C(C)C)n23)C[C@H](C)CC5)s1. The molecule has 1 N–H and O–H groups in total. The number of fused-ring (bicyclic) bond motifs is 5. The van der Waals surface area contributed by atoms with Gasteiger partial charge in [0.25, 0.3) is 0 Å². The van der Waals surface area contributed by atoms with Crippen molar-refractivity contribution in [3.05, 3.63) is 21.3 Å². The quantitative estimate of drug-likeness (QED) is 0.393. The van der Waals surface area contributed by atoms with Crippen LogP contribution in [-0.2, 0) is 24.1 Å². The molecule has 0 radical (unpaired) electrons. The van der Waals surface area contributed by atoms with Gasteiger partial charge in [0.15, 0.2) is 10.8 Å². The lowest BCUT2D eigenvalue weighted by Gasteiger charge is -2.17. The van der Waals surface area contributed by atoms with Gasteiger partial charge in [-0.05, 0) is 37.2 Å². The molecular formula is C21H25N7OS3. The minimum atomic E-state index is -0.132. The van der Waals surface area contributed by atoms with Crippen LogP contribution < -0.4 is 5.32 Å². The fraction of sp³-hybridized carbons (Fsp3) is 0.524. The van der Waals surface area contributed by atoms with E-state index in [4.69, 9.17) is 4.98 Å². The first-order chi connectivity index (χ1) is 15.4. The van der Waals surface area contributed by atoms with Crippen LogP contribution in [0.5, 0.6) is 0 Å². The summed E-state index contributed by atoms with van der Waals surface area (Å²) in [4.78, 5) is 20.0. The summed E-state index contributed by atoms with van der Waals surface area (Å²) in [5.74, 6) is 1.94. The average Bonchev–Trinajstić information content (AvgIpc) is 3.47. The summed E-state index contributed by atoms with van der Waals surface area (Å²) in [6, 6.07) is 0. The van der Waals surface area contributed by atoms with E-state index < -0.39 is 0 Å². The molecule has 0 spiro atoms. The summed E-state index contributed by atoms with van der Waals surface area (Å²) >= 11 is 4.59. The van der Waals surface area contributed by atoms with E-state index in [9.17, 15) is 4.79 Å². The second-order valence-corrected chi connectivity index (χ2v) is 11.6. The Hall–Kier alpha value is -2.11. The summed E-state index contributed by atoms with van der Waals surface area (Å²) in [5, 5.41) is 23.2. The van der Waals surface area contributed by atoms with Gasteiger partial charge in [-0.15, -0.1) is 31.7 Å².